The number of hydrogen-bond donors (Lipinski definition) is 1. The Labute approximate surface area is 125 Å². The summed E-state index contributed by atoms with van der Waals surface area (Å²) in [5.41, 5.74) is 1.21. The monoisotopic (exact) mass is 377 g/mol. The van der Waals surface area contributed by atoms with Gasteiger partial charge in [-0.25, -0.2) is 9.97 Å². The molecule has 4 nitrogen and oxygen atoms in total. The lowest BCUT2D eigenvalue weighted by Crippen LogP contribution is -2.20. The number of nitrogens with zero attached hydrogens (tertiary/aromatic N) is 2. The average molecular weight is 377 g/mol. The van der Waals surface area contributed by atoms with Crippen LogP contribution in [0.1, 0.15) is 36.4 Å². The minimum absolute atomic E-state index is 0.0605. The summed E-state index contributed by atoms with van der Waals surface area (Å²) in [5, 5.41) is 3.18. The topological polar surface area (TPSA) is 47.0 Å². The maximum Gasteiger partial charge on any atom is 0.160 e. The first-order chi connectivity index (χ1) is 8.79. The van der Waals surface area contributed by atoms with Crippen LogP contribution in [0.4, 0.5) is 5.82 Å². The molecule has 1 saturated heterocycles. The van der Waals surface area contributed by atoms with Crippen molar-refractivity contribution in [2.75, 3.05) is 30.5 Å². The van der Waals surface area contributed by atoms with Crippen molar-refractivity contribution in [2.45, 2.75) is 24.9 Å². The van der Waals surface area contributed by atoms with Gasteiger partial charge in [0, 0.05) is 24.5 Å². The van der Waals surface area contributed by atoms with Crippen LogP contribution in [-0.4, -0.2) is 35.1 Å². The summed E-state index contributed by atoms with van der Waals surface area (Å²) in [4.78, 5) is 9.39. The van der Waals surface area contributed by atoms with Crippen LogP contribution in [0.3, 0.4) is 0 Å². The Hall–Kier alpha value is -0.0800. The molecule has 1 unspecified atom stereocenters. The molecular formula is C12H16IN3OS. The molecule has 2 fully saturated rings. The standard InChI is InChI=1S/C12H16IN3OS/c1-14-12-9(13)10(7-2-3-7)15-11(16-12)8-6-18-5-4-17-8/h7-8H,2-6H2,1H3,(H,14,15,16). The Morgan fingerprint density at radius 2 is 2.22 bits per heavy atom. The summed E-state index contributed by atoms with van der Waals surface area (Å²) in [5.74, 6) is 4.49. The van der Waals surface area contributed by atoms with E-state index in [1.807, 2.05) is 18.8 Å². The first kappa shape index (κ1) is 12.9. The molecule has 3 rings (SSSR count). The molecule has 1 saturated carbocycles. The molecule has 1 aliphatic carbocycles. The number of ether oxygens (including phenoxy) is 1. The molecule has 1 aliphatic heterocycles. The first-order valence-electron chi connectivity index (χ1n) is 6.24. The molecule has 2 aliphatic rings. The van der Waals surface area contributed by atoms with Crippen LogP contribution in [-0.2, 0) is 4.74 Å². The summed E-state index contributed by atoms with van der Waals surface area (Å²) in [7, 11) is 1.92. The van der Waals surface area contributed by atoms with E-state index >= 15 is 0 Å². The van der Waals surface area contributed by atoms with E-state index in [1.54, 1.807) is 0 Å². The number of anilines is 1. The van der Waals surface area contributed by atoms with E-state index in [0.29, 0.717) is 5.92 Å². The van der Waals surface area contributed by atoms with Crippen LogP contribution in [0.5, 0.6) is 0 Å². The smallest absolute Gasteiger partial charge is 0.160 e. The highest BCUT2D eigenvalue weighted by Crippen LogP contribution is 2.42. The Kier molecular flexibility index (Phi) is 3.95. The number of thioether (sulfide) groups is 1. The van der Waals surface area contributed by atoms with E-state index in [4.69, 9.17) is 9.72 Å². The second-order valence-corrected chi connectivity index (χ2v) is 6.82. The Bertz CT molecular complexity index is 447. The quantitative estimate of drug-likeness (QED) is 0.821. The number of rotatable bonds is 3. The summed E-state index contributed by atoms with van der Waals surface area (Å²) in [6, 6.07) is 0. The lowest BCUT2D eigenvalue weighted by atomic mass is 10.2. The summed E-state index contributed by atoms with van der Waals surface area (Å²) in [6.07, 6.45) is 2.58. The van der Waals surface area contributed by atoms with Gasteiger partial charge in [0.15, 0.2) is 5.82 Å². The van der Waals surface area contributed by atoms with Crippen molar-refractivity contribution in [3.63, 3.8) is 0 Å². The van der Waals surface area contributed by atoms with Crippen molar-refractivity contribution in [3.05, 3.63) is 15.1 Å². The highest BCUT2D eigenvalue weighted by atomic mass is 127. The molecule has 6 heteroatoms. The summed E-state index contributed by atoms with van der Waals surface area (Å²) < 4.78 is 6.95. The predicted molar refractivity (Wildman–Crippen MR) is 82.3 cm³/mol. The van der Waals surface area contributed by atoms with Crippen LogP contribution < -0.4 is 5.32 Å². The molecule has 0 spiro atoms. The zero-order valence-corrected chi connectivity index (χ0v) is 13.3. The van der Waals surface area contributed by atoms with E-state index in [9.17, 15) is 0 Å². The van der Waals surface area contributed by atoms with Crippen molar-refractivity contribution in [2.24, 2.45) is 0 Å². The molecule has 2 heterocycles. The van der Waals surface area contributed by atoms with E-state index in [0.717, 1.165) is 29.8 Å². The maximum absolute atomic E-state index is 5.78. The fourth-order valence-corrected chi connectivity index (χ4v) is 3.85. The van der Waals surface area contributed by atoms with Crippen molar-refractivity contribution in [1.29, 1.82) is 0 Å². The zero-order chi connectivity index (χ0) is 12.5. The first-order valence-corrected chi connectivity index (χ1v) is 8.47. The van der Waals surface area contributed by atoms with E-state index in [2.05, 4.69) is 32.9 Å². The SMILES string of the molecule is CNc1nc(C2CSCCO2)nc(C2CC2)c1I. The van der Waals surface area contributed by atoms with Gasteiger partial charge in [-0.05, 0) is 35.4 Å². The lowest BCUT2D eigenvalue weighted by molar-refractivity contribution is 0.0693. The predicted octanol–water partition coefficient (Wildman–Crippen LogP) is 2.80. The van der Waals surface area contributed by atoms with Gasteiger partial charge >= 0.3 is 0 Å². The molecule has 1 atom stereocenters. The fourth-order valence-electron chi connectivity index (χ4n) is 2.06. The Balaban J connectivity index is 1.95. The fraction of sp³-hybridized carbons (Fsp3) is 0.667. The molecule has 1 aromatic heterocycles. The molecule has 1 aromatic rings. The number of nitrogens with one attached hydrogen (secondary N) is 1. The highest BCUT2D eigenvalue weighted by molar-refractivity contribution is 14.1. The van der Waals surface area contributed by atoms with Gasteiger partial charge in [0.1, 0.15) is 11.9 Å². The van der Waals surface area contributed by atoms with Gasteiger partial charge in [0.2, 0.25) is 0 Å². The molecule has 98 valence electrons. The third-order valence-electron chi connectivity index (χ3n) is 3.20. The Morgan fingerprint density at radius 3 is 2.83 bits per heavy atom. The van der Waals surface area contributed by atoms with Crippen molar-refractivity contribution in [1.82, 2.24) is 9.97 Å². The molecular weight excluding hydrogens is 361 g/mol. The second kappa shape index (κ2) is 5.50. The van der Waals surface area contributed by atoms with Gasteiger partial charge in [-0.15, -0.1) is 0 Å². The Morgan fingerprint density at radius 1 is 1.39 bits per heavy atom. The normalized spacial score (nSPS) is 24.0. The van der Waals surface area contributed by atoms with Gasteiger partial charge in [0.25, 0.3) is 0 Å². The second-order valence-electron chi connectivity index (χ2n) is 4.59. The minimum atomic E-state index is 0.0605. The maximum atomic E-state index is 5.78. The minimum Gasteiger partial charge on any atom is -0.372 e. The van der Waals surface area contributed by atoms with Crippen LogP contribution >= 0.6 is 34.4 Å². The van der Waals surface area contributed by atoms with Crippen LogP contribution in [0.15, 0.2) is 0 Å². The van der Waals surface area contributed by atoms with Gasteiger partial charge in [-0.2, -0.15) is 11.8 Å². The van der Waals surface area contributed by atoms with Crippen LogP contribution in [0, 0.1) is 3.57 Å². The van der Waals surface area contributed by atoms with Crippen molar-refractivity contribution >= 4 is 40.2 Å². The van der Waals surface area contributed by atoms with Gasteiger partial charge in [-0.3, -0.25) is 0 Å². The number of halogens is 1. The molecule has 0 radical (unpaired) electrons. The van der Waals surface area contributed by atoms with Crippen LogP contribution in [0.2, 0.25) is 0 Å². The number of aromatic nitrogens is 2. The zero-order valence-electron chi connectivity index (χ0n) is 10.3. The lowest BCUT2D eigenvalue weighted by Gasteiger charge is -2.22. The van der Waals surface area contributed by atoms with Gasteiger partial charge in [0.05, 0.1) is 15.9 Å². The molecule has 0 bridgehead atoms. The van der Waals surface area contributed by atoms with Gasteiger partial charge in [-0.1, -0.05) is 0 Å². The van der Waals surface area contributed by atoms with Gasteiger partial charge < -0.3 is 10.1 Å². The molecule has 18 heavy (non-hydrogen) atoms. The van der Waals surface area contributed by atoms with E-state index < -0.39 is 0 Å². The molecule has 1 N–H and O–H groups in total. The van der Waals surface area contributed by atoms with Crippen molar-refractivity contribution in [3.8, 4) is 0 Å². The summed E-state index contributed by atoms with van der Waals surface area (Å²) >= 11 is 4.27. The third-order valence-corrected chi connectivity index (χ3v) is 5.26. The largest absolute Gasteiger partial charge is 0.372 e. The summed E-state index contributed by atoms with van der Waals surface area (Å²) in [6.45, 7) is 0.804. The van der Waals surface area contributed by atoms with E-state index in [-0.39, 0.29) is 6.10 Å². The van der Waals surface area contributed by atoms with Crippen LogP contribution in [0.25, 0.3) is 0 Å². The molecule has 0 amide bonds. The number of hydrogen-bond acceptors (Lipinski definition) is 5. The van der Waals surface area contributed by atoms with Crippen molar-refractivity contribution < 1.29 is 4.74 Å². The van der Waals surface area contributed by atoms with E-state index in [1.165, 1.54) is 22.1 Å². The third kappa shape index (κ3) is 2.60. The molecule has 0 aromatic carbocycles. The average Bonchev–Trinajstić information content (AvgIpc) is 3.24. The highest BCUT2D eigenvalue weighted by Gasteiger charge is 2.31.